The first-order valence-corrected chi connectivity index (χ1v) is 12.5. The van der Waals surface area contributed by atoms with Crippen molar-refractivity contribution in [2.75, 3.05) is 58.9 Å². The number of hydrogen-bond acceptors (Lipinski definition) is 4. The van der Waals surface area contributed by atoms with Crippen molar-refractivity contribution in [3.63, 3.8) is 0 Å². The molecule has 0 saturated carbocycles. The van der Waals surface area contributed by atoms with Crippen LogP contribution < -0.4 is 0 Å². The fourth-order valence-electron chi connectivity index (χ4n) is 6.27. The Morgan fingerprint density at radius 1 is 0.655 bits per heavy atom. The van der Waals surface area contributed by atoms with Crippen molar-refractivity contribution in [3.8, 4) is 0 Å². The quantitative estimate of drug-likeness (QED) is 0.709. The van der Waals surface area contributed by atoms with E-state index in [9.17, 15) is 0 Å². The molecule has 0 unspecified atom stereocenters. The molecule has 0 aromatic rings. The highest BCUT2D eigenvalue weighted by Gasteiger charge is 2.40. The summed E-state index contributed by atoms with van der Waals surface area (Å²) in [6.07, 6.45) is 5.63. The van der Waals surface area contributed by atoms with Gasteiger partial charge in [0.1, 0.15) is 0 Å². The van der Waals surface area contributed by atoms with Crippen LogP contribution in [-0.4, -0.2) is 96.1 Å². The maximum Gasteiger partial charge on any atom is 0.0350 e. The Balaban J connectivity index is 1.11. The molecule has 4 rings (SSSR count). The molecule has 4 fully saturated rings. The number of likely N-dealkylation sites (tertiary alicyclic amines) is 4. The highest BCUT2D eigenvalue weighted by atomic mass is 15.3. The molecule has 4 nitrogen and oxygen atoms in total. The summed E-state index contributed by atoms with van der Waals surface area (Å²) < 4.78 is 0. The molecule has 0 radical (unpaired) electrons. The molecule has 4 heteroatoms. The minimum atomic E-state index is 0.361. The van der Waals surface area contributed by atoms with Crippen molar-refractivity contribution in [2.24, 2.45) is 17.3 Å². The van der Waals surface area contributed by atoms with E-state index in [-0.39, 0.29) is 0 Å². The monoisotopic (exact) mass is 404 g/mol. The first-order valence-electron chi connectivity index (χ1n) is 12.5. The normalized spacial score (nSPS) is 29.2. The van der Waals surface area contributed by atoms with Gasteiger partial charge in [0.15, 0.2) is 0 Å². The van der Waals surface area contributed by atoms with Gasteiger partial charge in [0.05, 0.1) is 0 Å². The van der Waals surface area contributed by atoms with Crippen molar-refractivity contribution in [1.29, 1.82) is 0 Å². The van der Waals surface area contributed by atoms with Gasteiger partial charge >= 0.3 is 0 Å². The van der Waals surface area contributed by atoms with E-state index in [4.69, 9.17) is 0 Å². The van der Waals surface area contributed by atoms with Gasteiger partial charge < -0.3 is 4.90 Å². The molecular weight excluding hydrogens is 356 g/mol. The summed E-state index contributed by atoms with van der Waals surface area (Å²) in [6.45, 7) is 26.3. The molecule has 0 aliphatic carbocycles. The summed E-state index contributed by atoms with van der Waals surface area (Å²) in [5, 5.41) is 0. The van der Waals surface area contributed by atoms with E-state index in [0.717, 1.165) is 23.9 Å². The van der Waals surface area contributed by atoms with Crippen LogP contribution in [0.5, 0.6) is 0 Å². The van der Waals surface area contributed by atoms with Crippen molar-refractivity contribution >= 4 is 0 Å². The molecule has 0 aromatic heterocycles. The molecule has 4 saturated heterocycles. The van der Waals surface area contributed by atoms with E-state index in [0.29, 0.717) is 11.0 Å². The van der Waals surface area contributed by atoms with Gasteiger partial charge in [-0.15, -0.1) is 0 Å². The molecule has 0 bridgehead atoms. The molecule has 0 atom stereocenters. The zero-order valence-electron chi connectivity index (χ0n) is 20.3. The Bertz CT molecular complexity index is 520. The van der Waals surface area contributed by atoms with Crippen LogP contribution in [0.25, 0.3) is 0 Å². The van der Waals surface area contributed by atoms with Gasteiger partial charge in [0, 0.05) is 63.4 Å². The molecule has 168 valence electrons. The fourth-order valence-corrected chi connectivity index (χ4v) is 6.27. The molecular formula is C25H48N4. The Labute approximate surface area is 181 Å². The van der Waals surface area contributed by atoms with Gasteiger partial charge in [0.25, 0.3) is 0 Å². The summed E-state index contributed by atoms with van der Waals surface area (Å²) in [4.78, 5) is 11.0. The number of rotatable bonds is 4. The van der Waals surface area contributed by atoms with Crippen LogP contribution >= 0.6 is 0 Å². The SMILES string of the molecule is CC(C)(C)C1CCN(C2CCN(C3CN(CC4CN(C(C)(C)C)C4)C3)CC2)CC1. The minimum absolute atomic E-state index is 0.361. The van der Waals surface area contributed by atoms with Gasteiger partial charge in [-0.3, -0.25) is 14.7 Å². The number of hydrogen-bond donors (Lipinski definition) is 0. The first-order chi connectivity index (χ1) is 13.6. The smallest absolute Gasteiger partial charge is 0.0350 e. The topological polar surface area (TPSA) is 13.0 Å². The zero-order chi connectivity index (χ0) is 20.8. The van der Waals surface area contributed by atoms with E-state index in [1.165, 1.54) is 84.6 Å². The maximum absolute atomic E-state index is 2.84. The molecule has 4 aliphatic heterocycles. The van der Waals surface area contributed by atoms with E-state index >= 15 is 0 Å². The van der Waals surface area contributed by atoms with Gasteiger partial charge in [-0.25, -0.2) is 0 Å². The van der Waals surface area contributed by atoms with Crippen LogP contribution in [-0.2, 0) is 0 Å². The second kappa shape index (κ2) is 8.41. The van der Waals surface area contributed by atoms with E-state index in [1.54, 1.807) is 0 Å². The Kier molecular flexibility index (Phi) is 6.39. The standard InChI is InChI=1S/C25H48N4/c1-24(2,3)21-7-11-27(12-8-21)22-9-13-28(14-10-22)23-18-26(19-23)15-20-16-29(17-20)25(4,5)6/h20-23H,7-19H2,1-6H3. The molecule has 0 N–H and O–H groups in total. The molecule has 0 aromatic carbocycles. The fraction of sp³-hybridized carbons (Fsp3) is 1.00. The lowest BCUT2D eigenvalue weighted by atomic mass is 9.75. The molecule has 0 spiro atoms. The third kappa shape index (κ3) is 5.19. The summed E-state index contributed by atoms with van der Waals surface area (Å²) in [5.41, 5.74) is 0.858. The predicted molar refractivity (Wildman–Crippen MR) is 123 cm³/mol. The summed E-state index contributed by atoms with van der Waals surface area (Å²) in [5.74, 6) is 1.84. The second-order valence-corrected chi connectivity index (χ2v) is 12.8. The van der Waals surface area contributed by atoms with Crippen LogP contribution in [0.15, 0.2) is 0 Å². The lowest BCUT2D eigenvalue weighted by molar-refractivity contribution is -0.0422. The molecule has 4 aliphatic rings. The summed E-state index contributed by atoms with van der Waals surface area (Å²) in [6, 6.07) is 1.71. The van der Waals surface area contributed by atoms with Gasteiger partial charge in [-0.05, 0) is 76.8 Å². The maximum atomic E-state index is 2.84. The average Bonchev–Trinajstić information content (AvgIpc) is 2.57. The van der Waals surface area contributed by atoms with Crippen LogP contribution in [0.2, 0.25) is 0 Å². The highest BCUT2D eigenvalue weighted by Crippen LogP contribution is 2.36. The van der Waals surface area contributed by atoms with Gasteiger partial charge in [-0.2, -0.15) is 0 Å². The Morgan fingerprint density at radius 3 is 1.69 bits per heavy atom. The molecule has 4 heterocycles. The lowest BCUT2D eigenvalue weighted by Gasteiger charge is -2.53. The average molecular weight is 405 g/mol. The third-order valence-electron chi connectivity index (χ3n) is 8.65. The van der Waals surface area contributed by atoms with Crippen molar-refractivity contribution in [1.82, 2.24) is 19.6 Å². The van der Waals surface area contributed by atoms with Crippen molar-refractivity contribution in [3.05, 3.63) is 0 Å². The summed E-state index contributed by atoms with van der Waals surface area (Å²) in [7, 11) is 0. The van der Waals surface area contributed by atoms with Crippen LogP contribution in [0.4, 0.5) is 0 Å². The number of nitrogens with zero attached hydrogens (tertiary/aromatic N) is 4. The lowest BCUT2D eigenvalue weighted by Crippen LogP contribution is -2.65. The summed E-state index contributed by atoms with van der Waals surface area (Å²) >= 11 is 0. The zero-order valence-corrected chi connectivity index (χ0v) is 20.3. The first kappa shape index (κ1) is 22.0. The van der Waals surface area contributed by atoms with Crippen molar-refractivity contribution < 1.29 is 0 Å². The molecule has 0 amide bonds. The molecule has 29 heavy (non-hydrogen) atoms. The van der Waals surface area contributed by atoms with Crippen LogP contribution in [0, 0.1) is 17.3 Å². The van der Waals surface area contributed by atoms with E-state index in [2.05, 4.69) is 61.1 Å². The Morgan fingerprint density at radius 2 is 1.17 bits per heavy atom. The second-order valence-electron chi connectivity index (χ2n) is 12.8. The van der Waals surface area contributed by atoms with Gasteiger partial charge in [-0.1, -0.05) is 20.8 Å². The predicted octanol–water partition coefficient (Wildman–Crippen LogP) is 3.62. The van der Waals surface area contributed by atoms with Crippen LogP contribution in [0.1, 0.15) is 67.2 Å². The Hall–Kier alpha value is -0.160. The largest absolute Gasteiger partial charge is 0.300 e. The minimum Gasteiger partial charge on any atom is -0.300 e. The van der Waals surface area contributed by atoms with E-state index < -0.39 is 0 Å². The van der Waals surface area contributed by atoms with E-state index in [1.807, 2.05) is 0 Å². The third-order valence-corrected chi connectivity index (χ3v) is 8.65. The number of piperidine rings is 2. The van der Waals surface area contributed by atoms with Crippen molar-refractivity contribution in [2.45, 2.75) is 84.8 Å². The van der Waals surface area contributed by atoms with Gasteiger partial charge in [0.2, 0.25) is 0 Å². The van der Waals surface area contributed by atoms with Crippen LogP contribution in [0.3, 0.4) is 0 Å². The highest BCUT2D eigenvalue weighted by molar-refractivity contribution is 4.96.